The number of carboxylic acids is 1. The van der Waals surface area contributed by atoms with Crippen molar-refractivity contribution in [2.75, 3.05) is 20.1 Å². The SMILES string of the molecule is CC1=CCN(C(=O)[C@H](Cc2cccc(C(=N)N)c2)NS(=O)(=O)c2ccc3c(c2)CCN(C)C3)[C@@H](C(=O)O)C1. The first-order chi connectivity index (χ1) is 17.9. The zero-order valence-corrected chi connectivity index (χ0v) is 22.3. The minimum Gasteiger partial charge on any atom is -0.480 e. The van der Waals surface area contributed by atoms with Crippen molar-refractivity contribution in [3.63, 3.8) is 0 Å². The zero-order chi connectivity index (χ0) is 27.6. The summed E-state index contributed by atoms with van der Waals surface area (Å²) in [5.41, 5.74) is 9.51. The van der Waals surface area contributed by atoms with Gasteiger partial charge < -0.3 is 20.6 Å². The molecular weight excluding hydrogens is 506 g/mol. The lowest BCUT2D eigenvalue weighted by molar-refractivity contribution is -0.150. The number of amides is 1. The summed E-state index contributed by atoms with van der Waals surface area (Å²) in [6.45, 7) is 3.42. The highest BCUT2D eigenvalue weighted by Crippen LogP contribution is 2.24. The van der Waals surface area contributed by atoms with Gasteiger partial charge in [-0.1, -0.05) is 35.9 Å². The van der Waals surface area contributed by atoms with E-state index in [0.717, 1.165) is 36.2 Å². The number of carboxylic acid groups (broad SMARTS) is 1. The van der Waals surface area contributed by atoms with E-state index in [-0.39, 0.29) is 30.1 Å². The number of nitrogen functional groups attached to an aromatic ring is 1. The highest BCUT2D eigenvalue weighted by Gasteiger charge is 2.37. The van der Waals surface area contributed by atoms with E-state index in [2.05, 4.69) is 9.62 Å². The summed E-state index contributed by atoms with van der Waals surface area (Å²) < 4.78 is 29.6. The maximum Gasteiger partial charge on any atom is 0.326 e. The van der Waals surface area contributed by atoms with Crippen LogP contribution in [0.5, 0.6) is 0 Å². The highest BCUT2D eigenvalue weighted by molar-refractivity contribution is 7.89. The fourth-order valence-electron chi connectivity index (χ4n) is 4.92. The number of benzene rings is 2. The highest BCUT2D eigenvalue weighted by atomic mass is 32.2. The summed E-state index contributed by atoms with van der Waals surface area (Å²) in [6.07, 6.45) is 2.62. The van der Waals surface area contributed by atoms with Crippen molar-refractivity contribution in [1.29, 1.82) is 5.41 Å². The number of carbonyl (C=O) groups is 2. The molecule has 0 bridgehead atoms. The molecule has 2 aliphatic rings. The number of nitrogens with one attached hydrogen (secondary N) is 2. The molecule has 0 saturated carbocycles. The number of hydrogen-bond acceptors (Lipinski definition) is 6. The topological polar surface area (TPSA) is 157 Å². The van der Waals surface area contributed by atoms with Gasteiger partial charge in [0, 0.05) is 25.2 Å². The Balaban J connectivity index is 1.68. The minimum absolute atomic E-state index is 0.0412. The summed E-state index contributed by atoms with van der Waals surface area (Å²) in [4.78, 5) is 29.2. The standard InChI is InChI=1S/C27H33N5O5S/c1-17-8-11-32(24(12-17)27(34)35)26(33)23(14-18-4-3-5-20(13-18)25(28)29)30-38(36,37)22-7-6-21-16-31(2)10-9-19(21)15-22/h3-8,13,15,23-24,30H,9-12,14,16H2,1-2H3,(H3,28,29)(H,34,35)/t23-,24+/m0/s1. The van der Waals surface area contributed by atoms with Gasteiger partial charge in [0.2, 0.25) is 15.9 Å². The van der Waals surface area contributed by atoms with Crippen LogP contribution in [0.4, 0.5) is 0 Å². The third kappa shape index (κ3) is 6.12. The van der Waals surface area contributed by atoms with Crippen molar-refractivity contribution < 1.29 is 23.1 Å². The molecule has 0 unspecified atom stereocenters. The average Bonchev–Trinajstić information content (AvgIpc) is 2.87. The number of likely N-dealkylation sites (N-methyl/N-ethyl adjacent to an activating group) is 1. The molecule has 38 heavy (non-hydrogen) atoms. The molecule has 4 rings (SSSR count). The minimum atomic E-state index is -4.13. The van der Waals surface area contributed by atoms with E-state index in [1.807, 2.05) is 7.05 Å². The van der Waals surface area contributed by atoms with E-state index in [4.69, 9.17) is 11.1 Å². The molecule has 1 amide bonds. The van der Waals surface area contributed by atoms with E-state index >= 15 is 0 Å². The molecule has 5 N–H and O–H groups in total. The molecule has 0 saturated heterocycles. The number of rotatable bonds is 8. The molecule has 0 fully saturated rings. The summed E-state index contributed by atoms with van der Waals surface area (Å²) in [6, 6.07) is 9.28. The molecule has 0 radical (unpaired) electrons. The van der Waals surface area contributed by atoms with Gasteiger partial charge in [-0.25, -0.2) is 13.2 Å². The number of hydrogen-bond donors (Lipinski definition) is 4. The van der Waals surface area contributed by atoms with E-state index < -0.39 is 34.0 Å². The number of amidine groups is 1. The average molecular weight is 540 g/mol. The zero-order valence-electron chi connectivity index (χ0n) is 21.5. The third-order valence-corrected chi connectivity index (χ3v) is 8.53. The van der Waals surface area contributed by atoms with Crippen molar-refractivity contribution in [3.8, 4) is 0 Å². The summed E-state index contributed by atoms with van der Waals surface area (Å²) in [7, 11) is -2.12. The van der Waals surface area contributed by atoms with Gasteiger partial charge in [0.1, 0.15) is 17.9 Å². The Morgan fingerprint density at radius 2 is 1.97 bits per heavy atom. The predicted octanol–water partition coefficient (Wildman–Crippen LogP) is 1.48. The smallest absolute Gasteiger partial charge is 0.326 e. The first kappa shape index (κ1) is 27.5. The third-order valence-electron chi connectivity index (χ3n) is 7.06. The van der Waals surface area contributed by atoms with Gasteiger partial charge in [-0.3, -0.25) is 10.2 Å². The lowest BCUT2D eigenvalue weighted by Crippen LogP contribution is -2.55. The van der Waals surface area contributed by atoms with Crippen molar-refractivity contribution in [3.05, 3.63) is 76.4 Å². The van der Waals surface area contributed by atoms with Crippen molar-refractivity contribution >= 4 is 27.7 Å². The first-order valence-corrected chi connectivity index (χ1v) is 13.9. The summed E-state index contributed by atoms with van der Waals surface area (Å²) in [5, 5.41) is 17.5. The maximum absolute atomic E-state index is 13.8. The van der Waals surface area contributed by atoms with Crippen LogP contribution in [-0.4, -0.2) is 73.3 Å². The first-order valence-electron chi connectivity index (χ1n) is 12.4. The van der Waals surface area contributed by atoms with Crippen molar-refractivity contribution in [2.24, 2.45) is 5.73 Å². The second-order valence-electron chi connectivity index (χ2n) is 10.0. The van der Waals surface area contributed by atoms with Crippen LogP contribution >= 0.6 is 0 Å². The predicted molar refractivity (Wildman–Crippen MR) is 143 cm³/mol. The number of sulfonamides is 1. The van der Waals surface area contributed by atoms with Crippen LogP contribution < -0.4 is 10.5 Å². The van der Waals surface area contributed by atoms with Gasteiger partial charge in [0.05, 0.1) is 4.90 Å². The molecule has 0 aromatic heterocycles. The number of nitrogens with two attached hydrogens (primary N) is 1. The van der Waals surface area contributed by atoms with Gasteiger partial charge >= 0.3 is 5.97 Å². The summed E-state index contributed by atoms with van der Waals surface area (Å²) in [5.74, 6) is -1.93. The Hall–Kier alpha value is -3.54. The second kappa shape index (κ2) is 11.1. The van der Waals surface area contributed by atoms with E-state index in [1.165, 1.54) is 11.0 Å². The van der Waals surface area contributed by atoms with Gasteiger partial charge in [-0.15, -0.1) is 0 Å². The van der Waals surface area contributed by atoms with Gasteiger partial charge in [-0.2, -0.15) is 4.72 Å². The van der Waals surface area contributed by atoms with Crippen LogP contribution in [0.15, 0.2) is 59.0 Å². The number of nitrogens with zero attached hydrogens (tertiary/aromatic N) is 2. The lowest BCUT2D eigenvalue weighted by atomic mass is 9.98. The van der Waals surface area contributed by atoms with Crippen LogP contribution in [0.25, 0.3) is 0 Å². The van der Waals surface area contributed by atoms with Crippen LogP contribution in [0, 0.1) is 5.41 Å². The molecule has 2 atom stereocenters. The molecule has 10 nitrogen and oxygen atoms in total. The Bertz CT molecular complexity index is 1400. The molecule has 2 aromatic rings. The lowest BCUT2D eigenvalue weighted by Gasteiger charge is -2.34. The number of fused-ring (bicyclic) bond motifs is 1. The largest absolute Gasteiger partial charge is 0.480 e. The van der Waals surface area contributed by atoms with Gasteiger partial charge in [0.25, 0.3) is 0 Å². The normalized spacial score (nSPS) is 18.8. The molecule has 2 aliphatic heterocycles. The second-order valence-corrected chi connectivity index (χ2v) is 11.7. The molecule has 202 valence electrons. The molecule has 2 heterocycles. The Labute approximate surface area is 222 Å². The van der Waals surface area contributed by atoms with Crippen molar-refractivity contribution in [1.82, 2.24) is 14.5 Å². The monoisotopic (exact) mass is 539 g/mol. The van der Waals surface area contributed by atoms with Crippen LogP contribution in [0.2, 0.25) is 0 Å². The maximum atomic E-state index is 13.8. The molecule has 2 aromatic carbocycles. The molecule has 0 aliphatic carbocycles. The van der Waals surface area contributed by atoms with Gasteiger partial charge in [0.15, 0.2) is 0 Å². The Morgan fingerprint density at radius 1 is 1.21 bits per heavy atom. The number of carbonyl (C=O) groups excluding carboxylic acids is 1. The van der Waals surface area contributed by atoms with Crippen LogP contribution in [0.3, 0.4) is 0 Å². The molecular formula is C27H33N5O5S. The van der Waals surface area contributed by atoms with Crippen molar-refractivity contribution in [2.45, 2.75) is 49.7 Å². The summed E-state index contributed by atoms with van der Waals surface area (Å²) >= 11 is 0. The van der Waals surface area contributed by atoms with Gasteiger partial charge in [-0.05, 0) is 68.1 Å². The quantitative estimate of drug-likeness (QED) is 0.225. The van der Waals surface area contributed by atoms with E-state index in [0.29, 0.717) is 11.1 Å². The van der Waals surface area contributed by atoms with Crippen LogP contribution in [-0.2, 0) is 39.0 Å². The Morgan fingerprint density at radius 3 is 2.68 bits per heavy atom. The van der Waals surface area contributed by atoms with E-state index in [9.17, 15) is 23.1 Å². The molecule has 0 spiro atoms. The number of aliphatic carboxylic acids is 1. The fourth-order valence-corrected chi connectivity index (χ4v) is 6.16. The molecule has 11 heteroatoms. The van der Waals surface area contributed by atoms with Crippen LogP contribution in [0.1, 0.15) is 35.6 Å². The fraction of sp³-hybridized carbons (Fsp3) is 0.370. The Kier molecular flexibility index (Phi) is 8.00. The van der Waals surface area contributed by atoms with E-state index in [1.54, 1.807) is 49.4 Å².